The molecule has 0 saturated heterocycles. The maximum Gasteiger partial charge on any atom is 0.289 e. The molecule has 0 spiro atoms. The van der Waals surface area contributed by atoms with Crippen molar-refractivity contribution >= 4 is 46.2 Å². The highest BCUT2D eigenvalue weighted by Gasteiger charge is 2.54. The lowest BCUT2D eigenvalue weighted by Crippen LogP contribution is -2.55. The maximum absolute atomic E-state index is 13.0. The number of amides is 1. The number of nitrogens with zero attached hydrogens (tertiary/aromatic N) is 1. The van der Waals surface area contributed by atoms with Gasteiger partial charge in [-0.05, 0) is 80.6 Å². The van der Waals surface area contributed by atoms with Crippen LogP contribution in [-0.4, -0.2) is 15.9 Å². The van der Waals surface area contributed by atoms with Crippen LogP contribution in [0.1, 0.15) is 38.5 Å². The van der Waals surface area contributed by atoms with Gasteiger partial charge in [-0.15, -0.1) is 0 Å². The highest BCUT2D eigenvalue weighted by molar-refractivity contribution is 7.80. The summed E-state index contributed by atoms with van der Waals surface area (Å²) >= 11 is 11.1. The monoisotopic (exact) mass is 393 g/mol. The van der Waals surface area contributed by atoms with E-state index in [1.54, 1.807) is 6.07 Å². The Balaban J connectivity index is 1.43. The van der Waals surface area contributed by atoms with Crippen LogP contribution in [0.3, 0.4) is 0 Å². The standard InChI is InChI=1S/C18H20ClN3O3S/c19-14-2-1-13(6-15(14)22(24)25)20-17(26)21-16(23)18-7-10-3-11(8-18)5-12(4-10)9-18/h1-2,6,10-12H,3-5,7-9H2,(H2,20,21,23,26). The smallest absolute Gasteiger partial charge is 0.289 e. The van der Waals surface area contributed by atoms with E-state index in [1.807, 2.05) is 0 Å². The van der Waals surface area contributed by atoms with Crippen LogP contribution in [0.15, 0.2) is 18.2 Å². The third-order valence-corrected chi connectivity index (χ3v) is 6.67. The zero-order valence-corrected chi connectivity index (χ0v) is 15.7. The van der Waals surface area contributed by atoms with E-state index < -0.39 is 4.92 Å². The van der Waals surface area contributed by atoms with Crippen molar-refractivity contribution in [3.8, 4) is 0 Å². The molecule has 4 aliphatic carbocycles. The molecule has 26 heavy (non-hydrogen) atoms. The summed E-state index contributed by atoms with van der Waals surface area (Å²) in [4.78, 5) is 23.4. The number of nitro groups is 1. The first-order valence-corrected chi connectivity index (χ1v) is 9.70. The van der Waals surface area contributed by atoms with E-state index in [0.29, 0.717) is 23.4 Å². The summed E-state index contributed by atoms with van der Waals surface area (Å²) in [6.45, 7) is 0. The third kappa shape index (κ3) is 3.18. The average molecular weight is 394 g/mol. The quantitative estimate of drug-likeness (QED) is 0.455. The highest BCUT2D eigenvalue weighted by Crippen LogP contribution is 2.60. The fourth-order valence-corrected chi connectivity index (χ4v) is 5.91. The van der Waals surface area contributed by atoms with Gasteiger partial charge in [0.25, 0.3) is 5.69 Å². The molecule has 1 amide bonds. The third-order valence-electron chi connectivity index (χ3n) is 6.15. The predicted molar refractivity (Wildman–Crippen MR) is 103 cm³/mol. The molecule has 4 saturated carbocycles. The minimum absolute atomic E-state index is 0.00226. The van der Waals surface area contributed by atoms with Gasteiger partial charge in [-0.2, -0.15) is 0 Å². The van der Waals surface area contributed by atoms with Crippen LogP contribution in [0.5, 0.6) is 0 Å². The predicted octanol–water partition coefficient (Wildman–Crippen LogP) is 4.28. The van der Waals surface area contributed by atoms with Crippen molar-refractivity contribution in [3.05, 3.63) is 33.3 Å². The minimum atomic E-state index is -0.551. The molecule has 5 rings (SSSR count). The Morgan fingerprint density at radius 2 is 1.77 bits per heavy atom. The summed E-state index contributed by atoms with van der Waals surface area (Å²) in [5, 5.41) is 16.9. The van der Waals surface area contributed by atoms with Gasteiger partial charge in [0.1, 0.15) is 5.02 Å². The van der Waals surface area contributed by atoms with Gasteiger partial charge < -0.3 is 10.6 Å². The number of benzene rings is 1. The summed E-state index contributed by atoms with van der Waals surface area (Å²) in [6, 6.07) is 4.34. The Morgan fingerprint density at radius 3 is 2.31 bits per heavy atom. The number of carbonyl (C=O) groups excluding carboxylic acids is 1. The molecule has 0 heterocycles. The number of nitrogens with one attached hydrogen (secondary N) is 2. The molecule has 4 fully saturated rings. The number of hydrogen-bond donors (Lipinski definition) is 2. The largest absolute Gasteiger partial charge is 0.332 e. The second-order valence-corrected chi connectivity index (χ2v) is 8.84. The van der Waals surface area contributed by atoms with Crippen molar-refractivity contribution in [1.29, 1.82) is 0 Å². The summed E-state index contributed by atoms with van der Waals surface area (Å²) in [7, 11) is 0. The van der Waals surface area contributed by atoms with Crippen molar-refractivity contribution in [3.63, 3.8) is 0 Å². The first kappa shape index (κ1) is 17.7. The van der Waals surface area contributed by atoms with Crippen molar-refractivity contribution in [2.75, 3.05) is 5.32 Å². The number of anilines is 1. The molecular formula is C18H20ClN3O3S. The molecule has 6 nitrogen and oxygen atoms in total. The SMILES string of the molecule is O=C(NC(=S)Nc1ccc(Cl)c([N+](=O)[O-])c1)C12CC3CC(CC(C3)C1)C2. The molecule has 0 aromatic heterocycles. The Kier molecular flexibility index (Phi) is 4.39. The topological polar surface area (TPSA) is 84.3 Å². The first-order chi connectivity index (χ1) is 12.3. The Labute approximate surface area is 161 Å². The van der Waals surface area contributed by atoms with Crippen molar-refractivity contribution in [2.45, 2.75) is 38.5 Å². The van der Waals surface area contributed by atoms with Crippen LogP contribution < -0.4 is 10.6 Å². The summed E-state index contributed by atoms with van der Waals surface area (Å²) in [5.41, 5.74) is -0.0595. The minimum Gasteiger partial charge on any atom is -0.332 e. The Bertz CT molecular complexity index is 763. The molecule has 0 aliphatic heterocycles. The van der Waals surface area contributed by atoms with Gasteiger partial charge in [0.05, 0.1) is 10.3 Å². The Morgan fingerprint density at radius 1 is 1.19 bits per heavy atom. The normalized spacial score (nSPS) is 31.5. The van der Waals surface area contributed by atoms with E-state index in [4.69, 9.17) is 23.8 Å². The molecular weight excluding hydrogens is 374 g/mol. The van der Waals surface area contributed by atoms with E-state index in [0.717, 1.165) is 19.3 Å². The van der Waals surface area contributed by atoms with Crippen LogP contribution in [0.25, 0.3) is 0 Å². The van der Waals surface area contributed by atoms with Gasteiger partial charge in [0, 0.05) is 11.8 Å². The first-order valence-electron chi connectivity index (χ1n) is 8.91. The van der Waals surface area contributed by atoms with Gasteiger partial charge in [-0.25, -0.2) is 0 Å². The molecule has 1 aromatic carbocycles. The fraction of sp³-hybridized carbons (Fsp3) is 0.556. The van der Waals surface area contributed by atoms with Crippen LogP contribution in [-0.2, 0) is 4.79 Å². The van der Waals surface area contributed by atoms with E-state index in [-0.39, 0.29) is 27.1 Å². The van der Waals surface area contributed by atoms with E-state index in [2.05, 4.69) is 10.6 Å². The Hall–Kier alpha value is -1.73. The van der Waals surface area contributed by atoms with E-state index >= 15 is 0 Å². The van der Waals surface area contributed by atoms with Gasteiger partial charge in [0.15, 0.2) is 5.11 Å². The van der Waals surface area contributed by atoms with E-state index in [9.17, 15) is 14.9 Å². The molecule has 4 aliphatic rings. The number of halogens is 1. The molecule has 0 radical (unpaired) electrons. The highest BCUT2D eigenvalue weighted by atomic mass is 35.5. The zero-order chi connectivity index (χ0) is 18.5. The number of nitro benzene ring substituents is 1. The van der Waals surface area contributed by atoms with E-state index in [1.165, 1.54) is 31.4 Å². The summed E-state index contributed by atoms with van der Waals surface area (Å²) in [6.07, 6.45) is 6.68. The van der Waals surface area contributed by atoms with Crippen LogP contribution in [0.4, 0.5) is 11.4 Å². The van der Waals surface area contributed by atoms with Gasteiger partial charge in [-0.1, -0.05) is 11.6 Å². The number of hydrogen-bond acceptors (Lipinski definition) is 4. The van der Waals surface area contributed by atoms with Crippen molar-refractivity contribution < 1.29 is 9.72 Å². The summed E-state index contributed by atoms with van der Waals surface area (Å²) in [5.74, 6) is 2.02. The molecule has 0 atom stereocenters. The molecule has 138 valence electrons. The molecule has 1 aromatic rings. The molecule has 0 unspecified atom stereocenters. The second-order valence-electron chi connectivity index (χ2n) is 8.03. The molecule has 4 bridgehead atoms. The average Bonchev–Trinajstić information content (AvgIpc) is 2.55. The van der Waals surface area contributed by atoms with Gasteiger partial charge >= 0.3 is 0 Å². The summed E-state index contributed by atoms with van der Waals surface area (Å²) < 4.78 is 0. The molecule has 2 N–H and O–H groups in total. The zero-order valence-electron chi connectivity index (χ0n) is 14.2. The lowest BCUT2D eigenvalue weighted by atomic mass is 9.49. The fourth-order valence-electron chi connectivity index (χ4n) is 5.52. The second kappa shape index (κ2) is 6.46. The lowest BCUT2D eigenvalue weighted by Gasteiger charge is -2.55. The van der Waals surface area contributed by atoms with Crippen LogP contribution in [0.2, 0.25) is 5.02 Å². The maximum atomic E-state index is 13.0. The lowest BCUT2D eigenvalue weighted by molar-refractivity contribution is -0.384. The van der Waals surface area contributed by atoms with Crippen molar-refractivity contribution in [2.24, 2.45) is 23.2 Å². The van der Waals surface area contributed by atoms with Gasteiger partial charge in [-0.3, -0.25) is 14.9 Å². The van der Waals surface area contributed by atoms with Crippen LogP contribution in [0, 0.1) is 33.3 Å². The van der Waals surface area contributed by atoms with Crippen molar-refractivity contribution in [1.82, 2.24) is 5.32 Å². The van der Waals surface area contributed by atoms with Gasteiger partial charge in [0.2, 0.25) is 5.91 Å². The van der Waals surface area contributed by atoms with Crippen LogP contribution >= 0.6 is 23.8 Å². The number of carbonyl (C=O) groups is 1. The number of rotatable bonds is 3. The number of thiocarbonyl (C=S) groups is 1. The molecule has 8 heteroatoms.